The molecule has 0 bridgehead atoms. The topological polar surface area (TPSA) is 41.4 Å². The van der Waals surface area contributed by atoms with E-state index < -0.39 is 18.3 Å². The van der Waals surface area contributed by atoms with E-state index in [1.165, 1.54) is 11.1 Å². The zero-order valence-corrected chi connectivity index (χ0v) is 14.7. The van der Waals surface area contributed by atoms with Gasteiger partial charge in [0.05, 0.1) is 17.6 Å². The molecule has 1 aliphatic rings. The van der Waals surface area contributed by atoms with E-state index in [0.29, 0.717) is 11.4 Å². The van der Waals surface area contributed by atoms with Gasteiger partial charge in [0.25, 0.3) is 5.91 Å². The van der Waals surface area contributed by atoms with E-state index in [-0.39, 0.29) is 25.5 Å². The van der Waals surface area contributed by atoms with E-state index in [9.17, 15) is 18.0 Å². The Morgan fingerprint density at radius 2 is 1.88 bits per heavy atom. The lowest BCUT2D eigenvalue weighted by Gasteiger charge is -2.47. The summed E-state index contributed by atoms with van der Waals surface area (Å²) in [6.07, 6.45) is 0.982. The third-order valence-electron chi connectivity index (χ3n) is 4.49. The number of aromatic nitrogens is 2. The molecule has 0 saturated carbocycles. The number of nitrogens with zero attached hydrogens (tertiary/aromatic N) is 4. The Morgan fingerprint density at radius 3 is 2.42 bits per heavy atom. The molecule has 1 aliphatic heterocycles. The highest BCUT2D eigenvalue weighted by Crippen LogP contribution is 2.26. The van der Waals surface area contributed by atoms with E-state index in [0.717, 1.165) is 0 Å². The first-order valence-electron chi connectivity index (χ1n) is 8.36. The van der Waals surface area contributed by atoms with Crippen LogP contribution in [-0.2, 0) is 0 Å². The molecule has 0 atom stereocenters. The first-order chi connectivity index (χ1) is 12.2. The molecule has 8 heteroatoms. The van der Waals surface area contributed by atoms with E-state index in [4.69, 9.17) is 0 Å². The first kappa shape index (κ1) is 18.4. The molecular weight excluding hydrogens is 345 g/mol. The lowest BCUT2D eigenvalue weighted by Crippen LogP contribution is -2.62. The van der Waals surface area contributed by atoms with Crippen LogP contribution in [0.3, 0.4) is 0 Å². The Balaban J connectivity index is 1.71. The van der Waals surface area contributed by atoms with E-state index >= 15 is 0 Å². The van der Waals surface area contributed by atoms with Crippen LogP contribution in [0.25, 0.3) is 5.82 Å². The Kier molecular flexibility index (Phi) is 4.79. The van der Waals surface area contributed by atoms with Gasteiger partial charge in [-0.1, -0.05) is 0 Å². The molecule has 0 aliphatic carbocycles. The molecule has 1 fully saturated rings. The standard InChI is InChI=1S/C18H21F3N4O/c1-17(2)12-23(13-18(19,20)21)9-10-25(17)16(26)14-5-6-15(22-11-14)24-7-3-4-8-24/h3-8,11H,9-10,12-13H2,1-2H3. The van der Waals surface area contributed by atoms with Crippen molar-refractivity contribution in [3.63, 3.8) is 0 Å². The van der Waals surface area contributed by atoms with Crippen LogP contribution in [0.1, 0.15) is 24.2 Å². The predicted octanol–water partition coefficient (Wildman–Crippen LogP) is 2.97. The highest BCUT2D eigenvalue weighted by Gasteiger charge is 2.40. The number of carbonyl (C=O) groups is 1. The van der Waals surface area contributed by atoms with Gasteiger partial charge in [-0.05, 0) is 38.1 Å². The van der Waals surface area contributed by atoms with Crippen molar-refractivity contribution in [3.05, 3.63) is 48.4 Å². The van der Waals surface area contributed by atoms with Gasteiger partial charge in [0.15, 0.2) is 0 Å². The van der Waals surface area contributed by atoms with Gasteiger partial charge in [-0.25, -0.2) is 4.98 Å². The second-order valence-corrected chi connectivity index (χ2v) is 7.09. The van der Waals surface area contributed by atoms with E-state index in [1.807, 2.05) is 29.1 Å². The number of hydrogen-bond donors (Lipinski definition) is 0. The summed E-state index contributed by atoms with van der Waals surface area (Å²) in [7, 11) is 0. The lowest BCUT2D eigenvalue weighted by atomic mass is 9.97. The normalized spacial score (nSPS) is 18.1. The zero-order chi connectivity index (χ0) is 18.9. The number of rotatable bonds is 3. The smallest absolute Gasteiger partial charge is 0.331 e. The van der Waals surface area contributed by atoms with Crippen LogP contribution in [0.4, 0.5) is 13.2 Å². The summed E-state index contributed by atoms with van der Waals surface area (Å²) in [5.74, 6) is 0.481. The van der Waals surface area contributed by atoms with E-state index in [2.05, 4.69) is 4.98 Å². The molecule has 3 rings (SSSR count). The summed E-state index contributed by atoms with van der Waals surface area (Å²) < 4.78 is 39.7. The minimum Gasteiger partial charge on any atom is -0.331 e. The van der Waals surface area contributed by atoms with Crippen molar-refractivity contribution < 1.29 is 18.0 Å². The summed E-state index contributed by atoms with van der Waals surface area (Å²) in [5.41, 5.74) is -0.266. The fourth-order valence-electron chi connectivity index (χ4n) is 3.33. The molecule has 0 radical (unpaired) electrons. The maximum atomic E-state index is 12.8. The van der Waals surface area contributed by atoms with Crippen LogP contribution in [-0.4, -0.2) is 63.2 Å². The molecule has 2 aromatic rings. The van der Waals surface area contributed by atoms with Crippen molar-refractivity contribution in [1.29, 1.82) is 0 Å². The van der Waals surface area contributed by atoms with Crippen molar-refractivity contribution in [2.24, 2.45) is 0 Å². The fraction of sp³-hybridized carbons (Fsp3) is 0.444. The monoisotopic (exact) mass is 366 g/mol. The summed E-state index contributed by atoms with van der Waals surface area (Å²) in [6.45, 7) is 3.24. The summed E-state index contributed by atoms with van der Waals surface area (Å²) in [4.78, 5) is 20.1. The van der Waals surface area contributed by atoms with Gasteiger partial charge in [0.2, 0.25) is 0 Å². The quantitative estimate of drug-likeness (QED) is 0.839. The van der Waals surface area contributed by atoms with Gasteiger partial charge in [-0.15, -0.1) is 0 Å². The molecule has 140 valence electrons. The Morgan fingerprint density at radius 1 is 1.19 bits per heavy atom. The number of piperazine rings is 1. The molecule has 0 unspecified atom stereocenters. The molecule has 1 saturated heterocycles. The Labute approximate surface area is 150 Å². The predicted molar refractivity (Wildman–Crippen MR) is 91.2 cm³/mol. The third kappa shape index (κ3) is 4.07. The minimum absolute atomic E-state index is 0.174. The average Bonchev–Trinajstić information content (AvgIpc) is 3.06. The van der Waals surface area contributed by atoms with Crippen LogP contribution < -0.4 is 0 Å². The molecule has 5 nitrogen and oxygen atoms in total. The fourth-order valence-corrected chi connectivity index (χ4v) is 3.33. The summed E-state index contributed by atoms with van der Waals surface area (Å²) in [5, 5.41) is 0. The van der Waals surface area contributed by atoms with Crippen LogP contribution in [0.2, 0.25) is 0 Å². The molecule has 3 heterocycles. The first-order valence-corrected chi connectivity index (χ1v) is 8.36. The van der Waals surface area contributed by atoms with Crippen LogP contribution in [0.5, 0.6) is 0 Å². The molecule has 0 spiro atoms. The SMILES string of the molecule is CC1(C)CN(CC(F)(F)F)CCN1C(=O)c1ccc(-n2cccc2)nc1. The average molecular weight is 366 g/mol. The van der Waals surface area contributed by atoms with Gasteiger partial charge in [0.1, 0.15) is 5.82 Å². The van der Waals surface area contributed by atoms with Crippen LogP contribution >= 0.6 is 0 Å². The van der Waals surface area contributed by atoms with Crippen molar-refractivity contribution >= 4 is 5.91 Å². The van der Waals surface area contributed by atoms with Crippen molar-refractivity contribution in [2.75, 3.05) is 26.2 Å². The maximum Gasteiger partial charge on any atom is 0.401 e. The third-order valence-corrected chi connectivity index (χ3v) is 4.49. The highest BCUT2D eigenvalue weighted by atomic mass is 19.4. The molecule has 0 aromatic carbocycles. The number of carbonyl (C=O) groups excluding carboxylic acids is 1. The second kappa shape index (κ2) is 6.75. The van der Waals surface area contributed by atoms with Crippen molar-refractivity contribution in [2.45, 2.75) is 25.6 Å². The molecule has 0 N–H and O–H groups in total. The van der Waals surface area contributed by atoms with Crippen LogP contribution in [0.15, 0.2) is 42.9 Å². The summed E-state index contributed by atoms with van der Waals surface area (Å²) >= 11 is 0. The second-order valence-electron chi connectivity index (χ2n) is 7.09. The molecule has 26 heavy (non-hydrogen) atoms. The Hall–Kier alpha value is -2.35. The van der Waals surface area contributed by atoms with Crippen molar-refractivity contribution in [1.82, 2.24) is 19.4 Å². The Bertz CT molecular complexity index is 754. The summed E-state index contributed by atoms with van der Waals surface area (Å²) in [6, 6.07) is 7.20. The largest absolute Gasteiger partial charge is 0.401 e. The number of alkyl halides is 3. The van der Waals surface area contributed by atoms with Gasteiger partial charge in [0, 0.05) is 38.2 Å². The number of pyridine rings is 1. The lowest BCUT2D eigenvalue weighted by molar-refractivity contribution is -0.153. The molecule has 2 aromatic heterocycles. The minimum atomic E-state index is -4.24. The maximum absolute atomic E-state index is 12.8. The van der Waals surface area contributed by atoms with Gasteiger partial charge in [-0.3, -0.25) is 9.69 Å². The van der Waals surface area contributed by atoms with Gasteiger partial charge >= 0.3 is 6.18 Å². The number of hydrogen-bond acceptors (Lipinski definition) is 3. The van der Waals surface area contributed by atoms with Gasteiger partial charge in [-0.2, -0.15) is 13.2 Å². The molecular formula is C18H21F3N4O. The van der Waals surface area contributed by atoms with E-state index in [1.54, 1.807) is 30.9 Å². The highest BCUT2D eigenvalue weighted by molar-refractivity contribution is 5.94. The van der Waals surface area contributed by atoms with Crippen molar-refractivity contribution in [3.8, 4) is 5.82 Å². The van der Waals surface area contributed by atoms with Gasteiger partial charge < -0.3 is 9.47 Å². The molecule has 1 amide bonds. The van der Waals surface area contributed by atoms with Crippen LogP contribution in [0, 0.1) is 0 Å². The zero-order valence-electron chi connectivity index (χ0n) is 14.7. The number of halogens is 3. The number of amides is 1.